The van der Waals surface area contributed by atoms with E-state index in [2.05, 4.69) is 20.2 Å². The monoisotopic (exact) mass is 279 g/mol. The van der Waals surface area contributed by atoms with Crippen LogP contribution in [-0.4, -0.2) is 24.3 Å². The second-order valence-electron chi connectivity index (χ2n) is 3.74. The summed E-state index contributed by atoms with van der Waals surface area (Å²) in [5.41, 5.74) is 3.37. The Morgan fingerprint density at radius 3 is 2.95 bits per heavy atom. The van der Waals surface area contributed by atoms with Gasteiger partial charge in [-0.15, -0.1) is 0 Å². The Bertz CT molecular complexity index is 616. The second-order valence-corrected chi connectivity index (χ2v) is 4.74. The fraction of sp³-hybridized carbons (Fsp3) is 0.250. The SMILES string of the molecule is COC(=O)c1sc(N/N=C\c2ccc(C)o2)nc1C. The van der Waals surface area contributed by atoms with Gasteiger partial charge in [-0.2, -0.15) is 5.10 Å². The number of aryl methyl sites for hydroxylation is 2. The Balaban J connectivity index is 2.04. The smallest absolute Gasteiger partial charge is 0.350 e. The van der Waals surface area contributed by atoms with Crippen LogP contribution >= 0.6 is 11.3 Å². The van der Waals surface area contributed by atoms with E-state index in [9.17, 15) is 4.79 Å². The number of methoxy groups -OCH3 is 1. The molecule has 6 nitrogen and oxygen atoms in total. The first-order chi connectivity index (χ1) is 9.10. The molecule has 0 bridgehead atoms. The van der Waals surface area contributed by atoms with Crippen LogP contribution in [0.5, 0.6) is 0 Å². The van der Waals surface area contributed by atoms with E-state index < -0.39 is 5.97 Å². The summed E-state index contributed by atoms with van der Waals surface area (Å²) < 4.78 is 9.98. The molecule has 19 heavy (non-hydrogen) atoms. The molecule has 0 saturated carbocycles. The van der Waals surface area contributed by atoms with Crippen LogP contribution in [0.1, 0.15) is 26.9 Å². The number of carbonyl (C=O) groups is 1. The number of hydrogen-bond acceptors (Lipinski definition) is 7. The molecule has 1 N–H and O–H groups in total. The van der Waals surface area contributed by atoms with Gasteiger partial charge in [-0.25, -0.2) is 9.78 Å². The molecule has 0 aromatic carbocycles. The van der Waals surface area contributed by atoms with E-state index in [0.717, 1.165) is 5.76 Å². The maximum absolute atomic E-state index is 11.4. The summed E-state index contributed by atoms with van der Waals surface area (Å²) in [5.74, 6) is 1.07. The molecule has 0 aliphatic heterocycles. The van der Waals surface area contributed by atoms with Crippen LogP contribution in [-0.2, 0) is 4.74 Å². The van der Waals surface area contributed by atoms with E-state index in [1.807, 2.05) is 19.1 Å². The predicted octanol–water partition coefficient (Wildman–Crippen LogP) is 2.59. The molecule has 100 valence electrons. The fourth-order valence-corrected chi connectivity index (χ4v) is 2.23. The number of hydrogen-bond donors (Lipinski definition) is 1. The lowest BCUT2D eigenvalue weighted by Crippen LogP contribution is -1.99. The standard InChI is InChI=1S/C12H13N3O3S/c1-7-4-5-9(18-7)6-13-15-12-14-8(2)10(19-12)11(16)17-3/h4-6H,1-3H3,(H,14,15)/b13-6-. The van der Waals surface area contributed by atoms with Crippen LogP contribution in [0.25, 0.3) is 0 Å². The fourth-order valence-electron chi connectivity index (χ4n) is 1.40. The van der Waals surface area contributed by atoms with Gasteiger partial charge in [-0.05, 0) is 26.0 Å². The molecule has 0 saturated heterocycles. The maximum Gasteiger partial charge on any atom is 0.350 e. The molecule has 2 aromatic rings. The summed E-state index contributed by atoms with van der Waals surface area (Å²) in [6.07, 6.45) is 1.54. The van der Waals surface area contributed by atoms with Crippen molar-refractivity contribution in [2.45, 2.75) is 13.8 Å². The van der Waals surface area contributed by atoms with E-state index in [1.54, 1.807) is 13.1 Å². The lowest BCUT2D eigenvalue weighted by Gasteiger charge is -1.93. The van der Waals surface area contributed by atoms with Crippen molar-refractivity contribution < 1.29 is 13.9 Å². The largest absolute Gasteiger partial charge is 0.465 e. The third kappa shape index (κ3) is 3.19. The molecule has 0 radical (unpaired) electrons. The molecule has 7 heteroatoms. The minimum absolute atomic E-state index is 0.395. The number of esters is 1. The lowest BCUT2D eigenvalue weighted by atomic mass is 10.4. The van der Waals surface area contributed by atoms with E-state index in [4.69, 9.17) is 4.42 Å². The number of rotatable bonds is 4. The maximum atomic E-state index is 11.4. The van der Waals surface area contributed by atoms with Gasteiger partial charge in [-0.1, -0.05) is 11.3 Å². The van der Waals surface area contributed by atoms with Crippen molar-refractivity contribution in [2.75, 3.05) is 12.5 Å². The van der Waals surface area contributed by atoms with Crippen molar-refractivity contribution >= 4 is 28.7 Å². The van der Waals surface area contributed by atoms with Gasteiger partial charge >= 0.3 is 5.97 Å². The number of ether oxygens (including phenoxy) is 1. The summed E-state index contributed by atoms with van der Waals surface area (Å²) >= 11 is 1.19. The van der Waals surface area contributed by atoms with E-state index in [1.165, 1.54) is 18.4 Å². The lowest BCUT2D eigenvalue weighted by molar-refractivity contribution is 0.0605. The highest BCUT2D eigenvalue weighted by atomic mass is 32.1. The van der Waals surface area contributed by atoms with Gasteiger partial charge in [0.25, 0.3) is 0 Å². The number of furan rings is 1. The molecule has 0 aliphatic carbocycles. The van der Waals surface area contributed by atoms with Crippen molar-refractivity contribution in [1.29, 1.82) is 0 Å². The van der Waals surface area contributed by atoms with Crippen molar-refractivity contribution in [1.82, 2.24) is 4.98 Å². The third-order valence-electron chi connectivity index (χ3n) is 2.28. The minimum atomic E-state index is -0.395. The summed E-state index contributed by atoms with van der Waals surface area (Å²) in [4.78, 5) is 16.1. The van der Waals surface area contributed by atoms with Crippen molar-refractivity contribution in [3.63, 3.8) is 0 Å². The molecule has 0 aliphatic rings. The molecule has 2 aromatic heterocycles. The molecule has 0 amide bonds. The first-order valence-electron chi connectivity index (χ1n) is 5.51. The Hall–Kier alpha value is -2.15. The number of thiazole rings is 1. The number of carbonyl (C=O) groups excluding carboxylic acids is 1. The molecule has 0 fully saturated rings. The third-order valence-corrected chi connectivity index (χ3v) is 3.32. The topological polar surface area (TPSA) is 76.7 Å². The number of anilines is 1. The molecule has 2 rings (SSSR count). The Morgan fingerprint density at radius 2 is 2.32 bits per heavy atom. The van der Waals surface area contributed by atoms with Crippen LogP contribution in [0.3, 0.4) is 0 Å². The van der Waals surface area contributed by atoms with Gasteiger partial charge in [0.15, 0.2) is 0 Å². The molecule has 0 atom stereocenters. The van der Waals surface area contributed by atoms with Gasteiger partial charge in [0.05, 0.1) is 19.0 Å². The first-order valence-corrected chi connectivity index (χ1v) is 6.33. The number of hydrazone groups is 1. The summed E-state index contributed by atoms with van der Waals surface area (Å²) in [6, 6.07) is 3.66. The zero-order valence-electron chi connectivity index (χ0n) is 10.8. The van der Waals surface area contributed by atoms with Crippen molar-refractivity contribution in [3.05, 3.63) is 34.2 Å². The molecule has 0 spiro atoms. The normalized spacial score (nSPS) is 10.9. The van der Waals surface area contributed by atoms with Crippen LogP contribution in [0.4, 0.5) is 5.13 Å². The van der Waals surface area contributed by atoms with Gasteiger partial charge in [0.2, 0.25) is 5.13 Å². The average Bonchev–Trinajstić information content (AvgIpc) is 2.95. The van der Waals surface area contributed by atoms with Gasteiger partial charge in [-0.3, -0.25) is 5.43 Å². The molecule has 2 heterocycles. The summed E-state index contributed by atoms with van der Waals surface area (Å²) in [5, 5.41) is 4.52. The number of nitrogens with one attached hydrogen (secondary N) is 1. The van der Waals surface area contributed by atoms with Crippen LogP contribution in [0.2, 0.25) is 0 Å². The zero-order valence-corrected chi connectivity index (χ0v) is 11.6. The molecular weight excluding hydrogens is 266 g/mol. The van der Waals surface area contributed by atoms with E-state index >= 15 is 0 Å². The predicted molar refractivity (Wildman–Crippen MR) is 72.9 cm³/mol. The molecular formula is C12H13N3O3S. The quantitative estimate of drug-likeness (QED) is 0.529. The van der Waals surface area contributed by atoms with Gasteiger partial charge in [0, 0.05) is 0 Å². The highest BCUT2D eigenvalue weighted by molar-refractivity contribution is 7.17. The summed E-state index contributed by atoms with van der Waals surface area (Å²) in [6.45, 7) is 3.60. The summed E-state index contributed by atoms with van der Waals surface area (Å²) in [7, 11) is 1.34. The Labute approximate surface area is 114 Å². The zero-order chi connectivity index (χ0) is 13.8. The minimum Gasteiger partial charge on any atom is -0.465 e. The van der Waals surface area contributed by atoms with E-state index in [0.29, 0.717) is 21.5 Å². The number of nitrogens with zero attached hydrogens (tertiary/aromatic N) is 2. The van der Waals surface area contributed by atoms with Gasteiger partial charge < -0.3 is 9.15 Å². The van der Waals surface area contributed by atoms with Gasteiger partial charge in [0.1, 0.15) is 16.4 Å². The first kappa shape index (κ1) is 13.3. The van der Waals surface area contributed by atoms with Crippen LogP contribution in [0, 0.1) is 13.8 Å². The Morgan fingerprint density at radius 1 is 1.53 bits per heavy atom. The number of aromatic nitrogens is 1. The molecule has 0 unspecified atom stereocenters. The second kappa shape index (κ2) is 5.66. The highest BCUT2D eigenvalue weighted by Crippen LogP contribution is 2.23. The van der Waals surface area contributed by atoms with Crippen LogP contribution in [0.15, 0.2) is 21.7 Å². The van der Waals surface area contributed by atoms with Crippen LogP contribution < -0.4 is 5.43 Å². The highest BCUT2D eigenvalue weighted by Gasteiger charge is 2.15. The Kier molecular flexibility index (Phi) is 3.96. The average molecular weight is 279 g/mol. The van der Waals surface area contributed by atoms with Crippen molar-refractivity contribution in [3.8, 4) is 0 Å². The van der Waals surface area contributed by atoms with E-state index in [-0.39, 0.29) is 0 Å². The van der Waals surface area contributed by atoms with Crippen molar-refractivity contribution in [2.24, 2.45) is 5.10 Å².